The number of hydrogen-bond acceptors (Lipinski definition) is 1. The fourth-order valence-electron chi connectivity index (χ4n) is 0. The van der Waals surface area contributed by atoms with Gasteiger partial charge in [0, 0.05) is 39.0 Å². The maximum atomic E-state index is 8.56. The summed E-state index contributed by atoms with van der Waals surface area (Å²) in [6, 6.07) is 0. The zero-order chi connectivity index (χ0) is 3.58. The molecule has 0 atom stereocenters. The molecule has 0 aliphatic carbocycles. The van der Waals surface area contributed by atoms with E-state index >= 15 is 0 Å². The van der Waals surface area contributed by atoms with E-state index in [0.717, 1.165) is 0 Å². The van der Waals surface area contributed by atoms with Crippen LogP contribution in [0.25, 0.3) is 0 Å². The summed E-state index contributed by atoms with van der Waals surface area (Å²) in [5, 5.41) is 13.9. The predicted molar refractivity (Wildman–Crippen MR) is 14.3 cm³/mol. The van der Waals surface area contributed by atoms with Crippen molar-refractivity contribution in [3.05, 3.63) is 0 Å². The number of carboxylic acid groups (broad SMARTS) is 2. The van der Waals surface area contributed by atoms with Crippen molar-refractivity contribution in [1.82, 2.24) is 0 Å². The molecule has 0 unspecified atom stereocenters. The van der Waals surface area contributed by atoms with E-state index in [1.807, 2.05) is 0 Å². The smallest absolute Gasteiger partial charge is 0.450 e. The maximum Gasteiger partial charge on any atom is 0.503 e. The van der Waals surface area contributed by atoms with Gasteiger partial charge in [-0.15, -0.1) is 0 Å². The first kappa shape index (κ1) is 25.9. The van der Waals surface area contributed by atoms with Gasteiger partial charge < -0.3 is 15.7 Å². The Bertz CT molecular complexity index is 32.7. The Labute approximate surface area is 65.7 Å². The molecular formula is CH4O4Ru2. The van der Waals surface area contributed by atoms with E-state index in [-0.39, 0.29) is 44.4 Å². The van der Waals surface area contributed by atoms with Crippen molar-refractivity contribution in [3.63, 3.8) is 0 Å². The summed E-state index contributed by atoms with van der Waals surface area (Å²) < 4.78 is 0. The van der Waals surface area contributed by atoms with Crippen LogP contribution < -0.4 is 0 Å². The topological polar surface area (TPSA) is 89.0 Å². The number of carbonyl (C=O) groups is 1. The molecule has 7 heavy (non-hydrogen) atoms. The summed E-state index contributed by atoms with van der Waals surface area (Å²) in [6.07, 6.45) is -1.83. The van der Waals surface area contributed by atoms with Crippen molar-refractivity contribution in [1.29, 1.82) is 0 Å². The van der Waals surface area contributed by atoms with E-state index < -0.39 is 6.16 Å². The van der Waals surface area contributed by atoms with Crippen LogP contribution in [0.1, 0.15) is 0 Å². The zero-order valence-corrected chi connectivity index (χ0v) is 6.49. The van der Waals surface area contributed by atoms with Crippen LogP contribution in [0.15, 0.2) is 0 Å². The van der Waals surface area contributed by atoms with Crippen molar-refractivity contribution in [2.24, 2.45) is 0 Å². The summed E-state index contributed by atoms with van der Waals surface area (Å²) in [4.78, 5) is 8.56. The minimum atomic E-state index is -1.83. The molecule has 0 aromatic heterocycles. The Morgan fingerprint density at radius 3 is 1.14 bits per heavy atom. The monoisotopic (exact) mass is 284 g/mol. The Morgan fingerprint density at radius 1 is 1.14 bits per heavy atom. The van der Waals surface area contributed by atoms with Gasteiger partial charge in [-0.3, -0.25) is 0 Å². The van der Waals surface area contributed by atoms with E-state index in [1.165, 1.54) is 0 Å². The third-order valence-corrected chi connectivity index (χ3v) is 0. The first-order valence-electron chi connectivity index (χ1n) is 0.651. The van der Waals surface area contributed by atoms with Gasteiger partial charge in [-0.05, 0) is 0 Å². The largest absolute Gasteiger partial charge is 0.503 e. The molecule has 0 spiro atoms. The first-order valence-corrected chi connectivity index (χ1v) is 0.651. The fourth-order valence-corrected chi connectivity index (χ4v) is 0. The van der Waals surface area contributed by atoms with Crippen molar-refractivity contribution in [2.75, 3.05) is 0 Å². The van der Waals surface area contributed by atoms with E-state index in [1.54, 1.807) is 0 Å². The predicted octanol–water partition coefficient (Wildman–Crippen LogP) is -0.607. The first-order chi connectivity index (χ1) is 1.73. The van der Waals surface area contributed by atoms with Crippen LogP contribution >= 0.6 is 0 Å². The van der Waals surface area contributed by atoms with Gasteiger partial charge in [0.15, 0.2) is 0 Å². The molecule has 0 amide bonds. The van der Waals surface area contributed by atoms with Crippen molar-refractivity contribution >= 4 is 6.16 Å². The van der Waals surface area contributed by atoms with Gasteiger partial charge in [-0.2, -0.15) is 0 Å². The number of hydrogen-bond donors (Lipinski definition) is 2. The molecule has 0 aliphatic rings. The average molecular weight is 282 g/mol. The average Bonchev–Trinajstić information content (AvgIpc) is 0.811. The van der Waals surface area contributed by atoms with Gasteiger partial charge in [0.2, 0.25) is 0 Å². The summed E-state index contributed by atoms with van der Waals surface area (Å²) in [5.74, 6) is 0. The number of rotatable bonds is 0. The molecule has 4 N–H and O–H groups in total. The van der Waals surface area contributed by atoms with Gasteiger partial charge in [0.1, 0.15) is 0 Å². The molecule has 0 aliphatic heterocycles. The summed E-state index contributed by atoms with van der Waals surface area (Å²) >= 11 is 0. The molecule has 0 rings (SSSR count). The second kappa shape index (κ2) is 16.1. The third kappa shape index (κ3) is 571. The van der Waals surface area contributed by atoms with Gasteiger partial charge in [-0.1, -0.05) is 0 Å². The minimum absolute atomic E-state index is 0. The van der Waals surface area contributed by atoms with Crippen molar-refractivity contribution < 1.29 is 59.4 Å². The van der Waals surface area contributed by atoms with Crippen LogP contribution in [0, 0.1) is 0 Å². The van der Waals surface area contributed by atoms with Crippen LogP contribution in [0.2, 0.25) is 0 Å². The van der Waals surface area contributed by atoms with Gasteiger partial charge in [0.25, 0.3) is 0 Å². The third-order valence-electron chi connectivity index (χ3n) is 0. The summed E-state index contributed by atoms with van der Waals surface area (Å²) in [5.41, 5.74) is 0. The molecule has 0 aromatic rings. The summed E-state index contributed by atoms with van der Waals surface area (Å²) in [6.45, 7) is 0. The molecule has 48 valence electrons. The zero-order valence-electron chi connectivity index (χ0n) is 3.01. The van der Waals surface area contributed by atoms with E-state index in [2.05, 4.69) is 0 Å². The minimum Gasteiger partial charge on any atom is -0.450 e. The molecule has 0 bridgehead atoms. The van der Waals surface area contributed by atoms with Crippen LogP contribution in [0.3, 0.4) is 0 Å². The standard InChI is InChI=1S/CH2O3.H2O.2Ru/c2-1(3)4;;;/h(H2,2,3,4);1H2;;. The molecule has 6 heteroatoms. The molecule has 0 fully saturated rings. The molecular weight excluding hydrogens is 278 g/mol. The Balaban J connectivity index is -0.0000000150. The SMILES string of the molecule is O.O=C(O)O.[Ru].[Ru]. The van der Waals surface area contributed by atoms with Crippen LogP contribution in [-0.2, 0) is 39.0 Å². The second-order valence-electron chi connectivity index (χ2n) is 0.283. The van der Waals surface area contributed by atoms with E-state index in [4.69, 9.17) is 15.0 Å². The molecule has 0 aromatic carbocycles. The van der Waals surface area contributed by atoms with Gasteiger partial charge >= 0.3 is 6.16 Å². The van der Waals surface area contributed by atoms with E-state index in [9.17, 15) is 0 Å². The van der Waals surface area contributed by atoms with Crippen LogP contribution in [0.5, 0.6) is 0 Å². The molecule has 0 radical (unpaired) electrons. The Morgan fingerprint density at radius 2 is 1.14 bits per heavy atom. The van der Waals surface area contributed by atoms with Crippen molar-refractivity contribution in [2.45, 2.75) is 0 Å². The van der Waals surface area contributed by atoms with E-state index in [0.29, 0.717) is 0 Å². The Hall–Kier alpha value is 0.477. The fraction of sp³-hybridized carbons (Fsp3) is 0. The molecule has 0 saturated carbocycles. The van der Waals surface area contributed by atoms with Gasteiger partial charge in [-0.25, -0.2) is 4.79 Å². The normalized spacial score (nSPS) is 3.43. The molecule has 0 heterocycles. The maximum absolute atomic E-state index is 8.56. The van der Waals surface area contributed by atoms with Gasteiger partial charge in [0.05, 0.1) is 0 Å². The molecule has 4 nitrogen and oxygen atoms in total. The Kier molecular flexibility index (Phi) is 59.6. The quantitative estimate of drug-likeness (QED) is 0.581. The molecule has 0 saturated heterocycles. The summed E-state index contributed by atoms with van der Waals surface area (Å²) in [7, 11) is 0. The van der Waals surface area contributed by atoms with Crippen LogP contribution in [-0.4, -0.2) is 21.8 Å². The second-order valence-corrected chi connectivity index (χ2v) is 0.283. The van der Waals surface area contributed by atoms with Crippen molar-refractivity contribution in [3.8, 4) is 0 Å². The van der Waals surface area contributed by atoms with Crippen LogP contribution in [0.4, 0.5) is 4.79 Å².